The van der Waals surface area contributed by atoms with Gasteiger partial charge in [-0.25, -0.2) is 0 Å². The smallest absolute Gasteiger partial charge is 0.0623 e. The Morgan fingerprint density at radius 2 is 0.956 bits per heavy atom. The van der Waals surface area contributed by atoms with Crippen molar-refractivity contribution in [3.8, 4) is 11.4 Å². The minimum Gasteiger partial charge on any atom is -0.309 e. The van der Waals surface area contributed by atoms with Crippen molar-refractivity contribution in [3.63, 3.8) is 0 Å². The predicted molar refractivity (Wildman–Crippen MR) is 194 cm³/mol. The van der Waals surface area contributed by atoms with E-state index in [0.717, 1.165) is 74.2 Å². The van der Waals surface area contributed by atoms with Crippen LogP contribution in [0, 0.1) is 0 Å². The molecule has 0 aliphatic heterocycles. The van der Waals surface area contributed by atoms with Crippen LogP contribution >= 0.6 is 0 Å². The lowest BCUT2D eigenvalue weighted by Gasteiger charge is -2.18. The third-order valence-corrected chi connectivity index (χ3v) is 8.93. The quantitative estimate of drug-likeness (QED) is 0.175. The van der Waals surface area contributed by atoms with Gasteiger partial charge in [0.15, 0.2) is 0 Å². The summed E-state index contributed by atoms with van der Waals surface area (Å²) < 4.78 is 38.0. The molecule has 0 fully saturated rings. The number of nitrogens with zero attached hydrogens (tertiary/aromatic N) is 2. The Balaban J connectivity index is 0.00000186. The zero-order chi connectivity index (χ0) is 34.2. The van der Waals surface area contributed by atoms with Crippen LogP contribution in [0.3, 0.4) is 0 Å². The highest BCUT2D eigenvalue weighted by Gasteiger charge is 2.17. The SMILES string of the molecule is CC.[2H]c1ccc2c(c1)c1cc([2H])ccc1n2-c1cc(CCC(CC)c2ccccc2)cc(-n2c3ccc([2H])cc3c3cc([2H])ccc32)c1. The zero-order valence-corrected chi connectivity index (χ0v) is 26.1. The first kappa shape index (κ1) is 24.3. The summed E-state index contributed by atoms with van der Waals surface area (Å²) >= 11 is 0. The Kier molecular flexibility index (Phi) is 6.74. The lowest BCUT2D eigenvalue weighted by atomic mass is 9.90. The van der Waals surface area contributed by atoms with E-state index in [1.807, 2.05) is 86.6 Å². The van der Waals surface area contributed by atoms with E-state index >= 15 is 0 Å². The summed E-state index contributed by atoms with van der Waals surface area (Å²) in [5.41, 5.74) is 8.63. The number of rotatable bonds is 7. The largest absolute Gasteiger partial charge is 0.309 e. The minimum atomic E-state index is 0.445. The third-order valence-electron chi connectivity index (χ3n) is 8.93. The van der Waals surface area contributed by atoms with E-state index in [-0.39, 0.29) is 0 Å². The molecule has 0 aliphatic rings. The predicted octanol–water partition coefficient (Wildman–Crippen LogP) is 12.0. The number of para-hydroxylation sites is 4. The van der Waals surface area contributed by atoms with Gasteiger partial charge in [0.25, 0.3) is 0 Å². The molecule has 45 heavy (non-hydrogen) atoms. The summed E-state index contributed by atoms with van der Waals surface area (Å²) in [6, 6.07) is 42.4. The lowest BCUT2D eigenvalue weighted by molar-refractivity contribution is 0.606. The highest BCUT2D eigenvalue weighted by molar-refractivity contribution is 6.10. The highest BCUT2D eigenvalue weighted by atomic mass is 15.0. The van der Waals surface area contributed by atoms with E-state index in [1.165, 1.54) is 11.1 Å². The third kappa shape index (κ3) is 5.11. The monoisotopic (exact) mass is 588 g/mol. The molecule has 0 saturated carbocycles. The van der Waals surface area contributed by atoms with Crippen molar-refractivity contribution >= 4 is 43.6 Å². The lowest BCUT2D eigenvalue weighted by Crippen LogP contribution is -2.03. The van der Waals surface area contributed by atoms with E-state index in [0.29, 0.717) is 30.1 Å². The molecular weight excluding hydrogens is 544 g/mol. The minimum absolute atomic E-state index is 0.445. The first-order valence-electron chi connectivity index (χ1n) is 18.1. The van der Waals surface area contributed by atoms with Gasteiger partial charge in [0.1, 0.15) is 0 Å². The topological polar surface area (TPSA) is 9.86 Å². The molecule has 2 aromatic heterocycles. The molecule has 0 bridgehead atoms. The molecule has 8 rings (SSSR count). The van der Waals surface area contributed by atoms with Crippen LogP contribution in [-0.4, -0.2) is 9.13 Å². The molecule has 0 aliphatic carbocycles. The molecule has 2 nitrogen and oxygen atoms in total. The average molecular weight is 589 g/mol. The molecule has 2 heteroatoms. The van der Waals surface area contributed by atoms with Gasteiger partial charge in [-0.2, -0.15) is 0 Å². The van der Waals surface area contributed by atoms with Crippen LogP contribution in [0.1, 0.15) is 56.1 Å². The van der Waals surface area contributed by atoms with Crippen molar-refractivity contribution in [2.24, 2.45) is 0 Å². The van der Waals surface area contributed by atoms with E-state index in [4.69, 9.17) is 5.48 Å². The molecule has 1 unspecified atom stereocenters. The molecule has 2 heterocycles. The van der Waals surface area contributed by atoms with Crippen LogP contribution in [0.25, 0.3) is 55.0 Å². The molecule has 222 valence electrons. The van der Waals surface area contributed by atoms with Crippen LogP contribution in [0.15, 0.2) is 145 Å². The molecule has 0 N–H and O–H groups in total. The molecule has 0 amide bonds. The van der Waals surface area contributed by atoms with Gasteiger partial charge in [0, 0.05) is 32.9 Å². The van der Waals surface area contributed by atoms with E-state index in [9.17, 15) is 0 Å². The number of fused-ring (bicyclic) bond motifs is 6. The fourth-order valence-electron chi connectivity index (χ4n) is 6.88. The average Bonchev–Trinajstić information content (AvgIpc) is 3.61. The maximum absolute atomic E-state index is 8.36. The Morgan fingerprint density at radius 1 is 0.533 bits per heavy atom. The van der Waals surface area contributed by atoms with Gasteiger partial charge in [-0.3, -0.25) is 0 Å². The standard InChI is InChI=1S/C41H34N2.C2H6/c1-2-30(31-14-4-3-5-15-31)25-24-29-26-32(42-38-20-10-6-16-34(38)35-17-7-11-21-39(35)42)28-33(27-29)43-40-22-12-8-18-36(40)37-19-9-13-23-41(37)43;1-2/h3-23,26-28,30H,2,24-25H2,1H3;1-2H3/i6D,7D,8D,9D;. The van der Waals surface area contributed by atoms with Crippen molar-refractivity contribution in [2.45, 2.75) is 46.0 Å². The van der Waals surface area contributed by atoms with E-state index in [1.54, 1.807) is 0 Å². The van der Waals surface area contributed by atoms with Crippen molar-refractivity contribution in [2.75, 3.05) is 0 Å². The van der Waals surface area contributed by atoms with E-state index in [2.05, 4.69) is 64.6 Å². The first-order valence-corrected chi connectivity index (χ1v) is 16.1. The Bertz CT molecular complexity index is 2190. The molecule has 1 atom stereocenters. The summed E-state index contributed by atoms with van der Waals surface area (Å²) in [6.07, 6.45) is 2.97. The molecule has 0 spiro atoms. The van der Waals surface area contributed by atoms with Gasteiger partial charge in [0.2, 0.25) is 0 Å². The Hall–Kier alpha value is -5.08. The highest BCUT2D eigenvalue weighted by Crippen LogP contribution is 2.36. The number of aromatic nitrogens is 2. The Morgan fingerprint density at radius 3 is 1.36 bits per heavy atom. The number of hydrogen-bond donors (Lipinski definition) is 0. The van der Waals surface area contributed by atoms with E-state index < -0.39 is 0 Å². The molecular formula is C43H40N2. The second kappa shape index (κ2) is 12.5. The summed E-state index contributed by atoms with van der Waals surface area (Å²) in [6.45, 7) is 6.26. The van der Waals surface area contributed by atoms with Crippen molar-refractivity contribution in [1.29, 1.82) is 0 Å². The summed E-state index contributed by atoms with van der Waals surface area (Å²) in [5.74, 6) is 0.446. The zero-order valence-electron chi connectivity index (χ0n) is 30.1. The maximum Gasteiger partial charge on any atom is 0.0623 e. The number of benzene rings is 6. The summed E-state index contributed by atoms with van der Waals surface area (Å²) in [5, 5.41) is 3.86. The number of hydrogen-bond acceptors (Lipinski definition) is 0. The van der Waals surface area contributed by atoms with Crippen LogP contribution in [0.5, 0.6) is 0 Å². The maximum atomic E-state index is 8.36. The second-order valence-corrected chi connectivity index (χ2v) is 11.4. The summed E-state index contributed by atoms with van der Waals surface area (Å²) in [4.78, 5) is 0. The van der Waals surface area contributed by atoms with Crippen molar-refractivity contribution < 1.29 is 5.48 Å². The van der Waals surface area contributed by atoms with Crippen molar-refractivity contribution in [3.05, 3.63) is 157 Å². The van der Waals surface area contributed by atoms with Gasteiger partial charge in [-0.15, -0.1) is 0 Å². The fourth-order valence-corrected chi connectivity index (χ4v) is 6.88. The molecule has 8 aromatic rings. The normalized spacial score (nSPS) is 13.3. The Labute approximate surface area is 271 Å². The fraction of sp³-hybridized carbons (Fsp3) is 0.163. The van der Waals surface area contributed by atoms with Gasteiger partial charge in [0.05, 0.1) is 27.5 Å². The van der Waals surface area contributed by atoms with Crippen molar-refractivity contribution in [1.82, 2.24) is 9.13 Å². The number of aryl methyl sites for hydroxylation is 1. The van der Waals surface area contributed by atoms with Gasteiger partial charge in [-0.05, 0) is 78.8 Å². The van der Waals surface area contributed by atoms with Crippen LogP contribution in [-0.2, 0) is 6.42 Å². The summed E-state index contributed by atoms with van der Waals surface area (Å²) in [7, 11) is 0. The first-order chi connectivity index (χ1) is 23.9. The molecule has 0 saturated heterocycles. The van der Waals surface area contributed by atoms with Gasteiger partial charge in [-0.1, -0.05) is 124 Å². The molecule has 0 radical (unpaired) electrons. The second-order valence-electron chi connectivity index (χ2n) is 11.4. The van der Waals surface area contributed by atoms with Crippen LogP contribution < -0.4 is 0 Å². The van der Waals surface area contributed by atoms with Crippen LogP contribution in [0.2, 0.25) is 0 Å². The van der Waals surface area contributed by atoms with Gasteiger partial charge < -0.3 is 9.13 Å². The van der Waals surface area contributed by atoms with Gasteiger partial charge >= 0.3 is 0 Å². The molecule has 6 aromatic carbocycles. The van der Waals surface area contributed by atoms with Crippen LogP contribution in [0.4, 0.5) is 0 Å².